The smallest absolute Gasteiger partial charge is 0.0827 e. The lowest BCUT2D eigenvalue weighted by atomic mass is 10.0. The van der Waals surface area contributed by atoms with Crippen LogP contribution in [0.25, 0.3) is 0 Å². The Balaban J connectivity index is 1.95. The first kappa shape index (κ1) is 12.8. The fraction of sp³-hybridized carbons (Fsp3) is 0.400. The van der Waals surface area contributed by atoms with Gasteiger partial charge >= 0.3 is 0 Å². The molecule has 2 aromatic rings. The van der Waals surface area contributed by atoms with Crippen molar-refractivity contribution < 1.29 is 5.11 Å². The average Bonchev–Trinajstić information content (AvgIpc) is 2.85. The van der Waals surface area contributed by atoms with Crippen LogP contribution in [0.2, 0.25) is 0 Å². The lowest BCUT2D eigenvalue weighted by Crippen LogP contribution is -2.04. The van der Waals surface area contributed by atoms with Crippen LogP contribution < -0.4 is 0 Å². The number of aliphatic hydroxyl groups excluding tert-OH is 1. The molecule has 2 rings (SSSR count). The minimum atomic E-state index is -0.371. The Labute approximate surface area is 108 Å². The Kier molecular flexibility index (Phi) is 4.15. The molecule has 0 aliphatic rings. The van der Waals surface area contributed by atoms with E-state index in [1.54, 1.807) is 6.20 Å². The summed E-state index contributed by atoms with van der Waals surface area (Å²) in [6.45, 7) is 4.96. The van der Waals surface area contributed by atoms with Gasteiger partial charge in [-0.2, -0.15) is 0 Å². The van der Waals surface area contributed by atoms with Gasteiger partial charge in [0, 0.05) is 31.3 Å². The molecule has 0 amide bonds. The summed E-state index contributed by atoms with van der Waals surface area (Å²) in [4.78, 5) is 4.10. The van der Waals surface area contributed by atoms with Gasteiger partial charge in [-0.15, -0.1) is 0 Å². The van der Waals surface area contributed by atoms with Crippen molar-refractivity contribution in [2.45, 2.75) is 32.9 Å². The minimum Gasteiger partial charge on any atom is -0.388 e. The summed E-state index contributed by atoms with van der Waals surface area (Å²) in [5.74, 6) is 0.249. The summed E-state index contributed by atoms with van der Waals surface area (Å²) in [5, 5.41) is 9.97. The van der Waals surface area contributed by atoms with Crippen LogP contribution in [0.3, 0.4) is 0 Å². The van der Waals surface area contributed by atoms with Crippen molar-refractivity contribution in [3.05, 3.63) is 54.1 Å². The number of aliphatic hydroxyl groups is 1. The van der Waals surface area contributed by atoms with E-state index in [1.807, 2.05) is 44.6 Å². The SMILES string of the molecule is CC(C)C(O)c1ccn(CCc2cccnc2)c1. The van der Waals surface area contributed by atoms with Crippen molar-refractivity contribution in [3.8, 4) is 0 Å². The predicted octanol–water partition coefficient (Wildman–Crippen LogP) is 2.82. The van der Waals surface area contributed by atoms with Crippen molar-refractivity contribution in [1.29, 1.82) is 0 Å². The van der Waals surface area contributed by atoms with E-state index in [1.165, 1.54) is 5.56 Å². The van der Waals surface area contributed by atoms with Gasteiger partial charge in [0.05, 0.1) is 6.10 Å². The first-order valence-corrected chi connectivity index (χ1v) is 6.39. The van der Waals surface area contributed by atoms with Crippen molar-refractivity contribution >= 4 is 0 Å². The van der Waals surface area contributed by atoms with Crippen LogP contribution in [0.5, 0.6) is 0 Å². The van der Waals surface area contributed by atoms with Gasteiger partial charge in [0.2, 0.25) is 0 Å². The number of rotatable bonds is 5. The summed E-state index contributed by atoms with van der Waals surface area (Å²) in [7, 11) is 0. The number of aromatic nitrogens is 2. The summed E-state index contributed by atoms with van der Waals surface area (Å²) in [5.41, 5.74) is 2.23. The van der Waals surface area contributed by atoms with Crippen LogP contribution in [0.4, 0.5) is 0 Å². The molecule has 0 aliphatic heterocycles. The largest absolute Gasteiger partial charge is 0.388 e. The predicted molar refractivity (Wildman–Crippen MR) is 72.2 cm³/mol. The first-order valence-electron chi connectivity index (χ1n) is 6.39. The zero-order chi connectivity index (χ0) is 13.0. The monoisotopic (exact) mass is 244 g/mol. The molecule has 0 saturated carbocycles. The number of hydrogen-bond donors (Lipinski definition) is 1. The van der Waals surface area contributed by atoms with Gasteiger partial charge in [0.15, 0.2) is 0 Å². The number of hydrogen-bond acceptors (Lipinski definition) is 2. The van der Waals surface area contributed by atoms with Gasteiger partial charge in [-0.05, 0) is 35.6 Å². The summed E-state index contributed by atoms with van der Waals surface area (Å²) < 4.78 is 2.12. The fourth-order valence-electron chi connectivity index (χ4n) is 1.96. The van der Waals surface area contributed by atoms with Gasteiger partial charge in [0.25, 0.3) is 0 Å². The second-order valence-corrected chi connectivity index (χ2v) is 4.98. The first-order chi connectivity index (χ1) is 8.66. The van der Waals surface area contributed by atoms with Crippen LogP contribution in [-0.4, -0.2) is 14.7 Å². The maximum absolute atomic E-state index is 9.97. The molecule has 0 spiro atoms. The maximum atomic E-state index is 9.97. The third-order valence-electron chi connectivity index (χ3n) is 3.13. The Hall–Kier alpha value is -1.61. The van der Waals surface area contributed by atoms with Crippen molar-refractivity contribution in [2.75, 3.05) is 0 Å². The third kappa shape index (κ3) is 3.20. The average molecular weight is 244 g/mol. The van der Waals surface area contributed by atoms with Gasteiger partial charge < -0.3 is 9.67 Å². The molecule has 3 nitrogen and oxygen atoms in total. The Morgan fingerprint density at radius 2 is 2.17 bits per heavy atom. The van der Waals surface area contributed by atoms with Crippen LogP contribution in [0, 0.1) is 5.92 Å². The highest BCUT2D eigenvalue weighted by atomic mass is 16.3. The molecule has 1 N–H and O–H groups in total. The summed E-state index contributed by atoms with van der Waals surface area (Å²) in [6.07, 6.45) is 8.33. The van der Waals surface area contributed by atoms with Crippen molar-refractivity contribution in [2.24, 2.45) is 5.92 Å². The van der Waals surface area contributed by atoms with Crippen LogP contribution >= 0.6 is 0 Å². The van der Waals surface area contributed by atoms with E-state index in [4.69, 9.17) is 0 Å². The molecule has 0 radical (unpaired) electrons. The Morgan fingerprint density at radius 1 is 1.33 bits per heavy atom. The van der Waals surface area contributed by atoms with Crippen LogP contribution in [-0.2, 0) is 13.0 Å². The Morgan fingerprint density at radius 3 is 2.83 bits per heavy atom. The maximum Gasteiger partial charge on any atom is 0.0827 e. The molecule has 0 aliphatic carbocycles. The molecular formula is C15H20N2O. The van der Waals surface area contributed by atoms with Gasteiger partial charge in [0.1, 0.15) is 0 Å². The molecule has 2 aromatic heterocycles. The van der Waals surface area contributed by atoms with Gasteiger partial charge in [-0.3, -0.25) is 4.98 Å². The van der Waals surface area contributed by atoms with E-state index in [9.17, 15) is 5.11 Å². The lowest BCUT2D eigenvalue weighted by Gasteiger charge is -2.12. The van der Waals surface area contributed by atoms with Crippen molar-refractivity contribution in [3.63, 3.8) is 0 Å². The molecule has 96 valence electrons. The topological polar surface area (TPSA) is 38.0 Å². The molecule has 2 heterocycles. The highest BCUT2D eigenvalue weighted by Crippen LogP contribution is 2.21. The zero-order valence-electron chi connectivity index (χ0n) is 11.0. The molecule has 0 saturated heterocycles. The number of nitrogens with zero attached hydrogens (tertiary/aromatic N) is 2. The molecule has 0 bridgehead atoms. The molecule has 1 atom stereocenters. The summed E-state index contributed by atoms with van der Waals surface area (Å²) >= 11 is 0. The highest BCUT2D eigenvalue weighted by Gasteiger charge is 2.12. The van der Waals surface area contributed by atoms with Gasteiger partial charge in [-0.25, -0.2) is 0 Å². The molecule has 18 heavy (non-hydrogen) atoms. The van der Waals surface area contributed by atoms with E-state index in [2.05, 4.69) is 15.6 Å². The van der Waals surface area contributed by atoms with E-state index in [0.717, 1.165) is 18.5 Å². The minimum absolute atomic E-state index is 0.249. The second kappa shape index (κ2) is 5.83. The molecular weight excluding hydrogens is 224 g/mol. The van der Waals surface area contributed by atoms with E-state index >= 15 is 0 Å². The van der Waals surface area contributed by atoms with Gasteiger partial charge in [-0.1, -0.05) is 19.9 Å². The van der Waals surface area contributed by atoms with Crippen LogP contribution in [0.1, 0.15) is 31.1 Å². The van der Waals surface area contributed by atoms with Crippen LogP contribution in [0.15, 0.2) is 43.0 Å². The number of aryl methyl sites for hydroxylation is 2. The molecule has 0 fully saturated rings. The summed E-state index contributed by atoms with van der Waals surface area (Å²) in [6, 6.07) is 6.03. The highest BCUT2D eigenvalue weighted by molar-refractivity contribution is 5.15. The fourth-order valence-corrected chi connectivity index (χ4v) is 1.96. The normalized spacial score (nSPS) is 12.9. The second-order valence-electron chi connectivity index (χ2n) is 4.98. The quantitative estimate of drug-likeness (QED) is 0.878. The van der Waals surface area contributed by atoms with E-state index in [-0.39, 0.29) is 12.0 Å². The van der Waals surface area contributed by atoms with E-state index < -0.39 is 0 Å². The molecule has 0 aromatic carbocycles. The Bertz CT molecular complexity index is 476. The van der Waals surface area contributed by atoms with E-state index in [0.29, 0.717) is 0 Å². The third-order valence-corrected chi connectivity index (χ3v) is 3.13. The molecule has 3 heteroatoms. The molecule has 1 unspecified atom stereocenters. The number of pyridine rings is 1. The lowest BCUT2D eigenvalue weighted by molar-refractivity contribution is 0.127. The zero-order valence-corrected chi connectivity index (χ0v) is 11.0. The standard InChI is InChI=1S/C15H20N2O/c1-12(2)15(18)14-6-9-17(11-14)8-5-13-4-3-7-16-10-13/h3-4,6-7,9-12,15,18H,5,8H2,1-2H3. The van der Waals surface area contributed by atoms with Crippen molar-refractivity contribution in [1.82, 2.24) is 9.55 Å².